The van der Waals surface area contributed by atoms with Crippen LogP contribution in [0.15, 0.2) is 30.3 Å². The van der Waals surface area contributed by atoms with E-state index in [2.05, 4.69) is 24.1 Å². The molecule has 1 fully saturated rings. The van der Waals surface area contributed by atoms with Crippen molar-refractivity contribution in [3.05, 3.63) is 35.9 Å². The zero-order valence-electron chi connectivity index (χ0n) is 13.7. The zero-order chi connectivity index (χ0) is 15.8. The zero-order valence-corrected chi connectivity index (χ0v) is 13.7. The Morgan fingerprint density at radius 3 is 2.86 bits per heavy atom. The quantitative estimate of drug-likeness (QED) is 0.688. The molecule has 4 nitrogen and oxygen atoms in total. The van der Waals surface area contributed by atoms with Crippen LogP contribution in [0.25, 0.3) is 0 Å². The minimum absolute atomic E-state index is 0.0934. The van der Waals surface area contributed by atoms with E-state index in [1.54, 1.807) is 0 Å². The number of hydrogen-bond acceptors (Lipinski definition) is 4. The third-order valence-electron chi connectivity index (χ3n) is 4.25. The molecule has 2 atom stereocenters. The second-order valence-electron chi connectivity index (χ2n) is 5.93. The first-order chi connectivity index (χ1) is 10.7. The largest absolute Gasteiger partial charge is 0.466 e. The summed E-state index contributed by atoms with van der Waals surface area (Å²) in [5.74, 6) is 0.340. The molecule has 0 N–H and O–H groups in total. The van der Waals surface area contributed by atoms with Crippen LogP contribution in [0.5, 0.6) is 0 Å². The lowest BCUT2D eigenvalue weighted by Gasteiger charge is -2.28. The fraction of sp³-hybridized carbons (Fsp3) is 0.611. The van der Waals surface area contributed by atoms with Gasteiger partial charge in [0.1, 0.15) is 0 Å². The Bertz CT molecular complexity index is 449. The maximum absolute atomic E-state index is 11.5. The van der Waals surface area contributed by atoms with Crippen LogP contribution in [0.3, 0.4) is 0 Å². The van der Waals surface area contributed by atoms with E-state index in [1.807, 2.05) is 25.1 Å². The third-order valence-corrected chi connectivity index (χ3v) is 4.25. The molecule has 0 amide bonds. The number of ether oxygens (including phenoxy) is 1. The van der Waals surface area contributed by atoms with Gasteiger partial charge in [-0.15, -0.1) is 0 Å². The maximum atomic E-state index is 11.5. The predicted molar refractivity (Wildman–Crippen MR) is 86.0 cm³/mol. The molecule has 1 aromatic carbocycles. The Morgan fingerprint density at radius 1 is 1.36 bits per heavy atom. The molecule has 1 aliphatic heterocycles. The topological polar surface area (TPSA) is 38.8 Å². The molecule has 2 rings (SSSR count). The first-order valence-corrected chi connectivity index (χ1v) is 8.29. The van der Waals surface area contributed by atoms with Crippen LogP contribution >= 0.6 is 0 Å². The normalized spacial score (nSPS) is 20.0. The average Bonchev–Trinajstić information content (AvgIpc) is 3.00. The summed E-state index contributed by atoms with van der Waals surface area (Å²) in [4.78, 5) is 17.5. The van der Waals surface area contributed by atoms with E-state index in [-0.39, 0.29) is 5.97 Å². The van der Waals surface area contributed by atoms with Gasteiger partial charge >= 0.3 is 5.97 Å². The Kier molecular flexibility index (Phi) is 6.87. The summed E-state index contributed by atoms with van der Waals surface area (Å²) in [6.45, 7) is 6.09. The first-order valence-electron chi connectivity index (χ1n) is 8.29. The lowest BCUT2D eigenvalue weighted by Crippen LogP contribution is -2.34. The number of carbonyl (C=O) groups is 1. The van der Waals surface area contributed by atoms with Crippen LogP contribution in [0.4, 0.5) is 0 Å². The number of esters is 1. The number of benzene rings is 1. The molecule has 0 bridgehead atoms. The summed E-state index contributed by atoms with van der Waals surface area (Å²) >= 11 is 0. The highest BCUT2D eigenvalue weighted by Gasteiger charge is 2.30. The SMILES string of the molecule is CCOC(=O)CC[C@@H](C)[C@@H]1CCCN1OCc1ccccc1. The van der Waals surface area contributed by atoms with Gasteiger partial charge in [-0.3, -0.25) is 9.63 Å². The van der Waals surface area contributed by atoms with Gasteiger partial charge in [0, 0.05) is 19.0 Å². The average molecular weight is 305 g/mol. The van der Waals surface area contributed by atoms with Gasteiger partial charge in [0.2, 0.25) is 0 Å². The van der Waals surface area contributed by atoms with Gasteiger partial charge in [-0.1, -0.05) is 37.3 Å². The van der Waals surface area contributed by atoms with Gasteiger partial charge < -0.3 is 4.74 Å². The highest BCUT2D eigenvalue weighted by Crippen LogP contribution is 2.27. The molecule has 0 spiro atoms. The Balaban J connectivity index is 1.78. The molecule has 0 unspecified atom stereocenters. The first kappa shape index (κ1) is 17.0. The van der Waals surface area contributed by atoms with Crippen molar-refractivity contribution in [2.24, 2.45) is 5.92 Å². The fourth-order valence-electron chi connectivity index (χ4n) is 3.00. The van der Waals surface area contributed by atoms with E-state index in [0.717, 1.165) is 25.8 Å². The van der Waals surface area contributed by atoms with E-state index in [9.17, 15) is 4.79 Å². The summed E-state index contributed by atoms with van der Waals surface area (Å²) in [6.07, 6.45) is 3.65. The van der Waals surface area contributed by atoms with Crippen molar-refractivity contribution in [2.75, 3.05) is 13.2 Å². The van der Waals surface area contributed by atoms with Crippen molar-refractivity contribution < 1.29 is 14.4 Å². The van der Waals surface area contributed by atoms with Gasteiger partial charge in [0.05, 0.1) is 13.2 Å². The van der Waals surface area contributed by atoms with Gasteiger partial charge in [-0.2, -0.15) is 5.06 Å². The monoisotopic (exact) mass is 305 g/mol. The van der Waals surface area contributed by atoms with Crippen molar-refractivity contribution >= 4 is 5.97 Å². The van der Waals surface area contributed by atoms with E-state index < -0.39 is 0 Å². The summed E-state index contributed by atoms with van der Waals surface area (Å²) < 4.78 is 5.00. The van der Waals surface area contributed by atoms with Crippen molar-refractivity contribution in [1.29, 1.82) is 0 Å². The second kappa shape index (κ2) is 8.91. The molecule has 1 saturated heterocycles. The molecule has 0 aliphatic carbocycles. The third kappa shape index (κ3) is 5.11. The van der Waals surface area contributed by atoms with E-state index in [0.29, 0.717) is 31.6 Å². The predicted octanol–water partition coefficient (Wildman–Crippen LogP) is 3.56. The highest BCUT2D eigenvalue weighted by atomic mass is 16.7. The lowest BCUT2D eigenvalue weighted by molar-refractivity contribution is -0.188. The summed E-state index contributed by atoms with van der Waals surface area (Å²) in [7, 11) is 0. The van der Waals surface area contributed by atoms with Crippen LogP contribution in [-0.2, 0) is 21.0 Å². The molecule has 0 radical (unpaired) electrons. The molecule has 1 aromatic rings. The number of rotatable bonds is 8. The fourth-order valence-corrected chi connectivity index (χ4v) is 3.00. The van der Waals surface area contributed by atoms with Crippen LogP contribution in [0, 0.1) is 5.92 Å². The summed E-state index contributed by atoms with van der Waals surface area (Å²) in [6, 6.07) is 10.6. The molecule has 4 heteroatoms. The molecule has 22 heavy (non-hydrogen) atoms. The summed E-state index contributed by atoms with van der Waals surface area (Å²) in [5, 5.41) is 2.11. The van der Waals surface area contributed by atoms with Crippen molar-refractivity contribution in [2.45, 2.75) is 52.2 Å². The highest BCUT2D eigenvalue weighted by molar-refractivity contribution is 5.69. The van der Waals surface area contributed by atoms with Crippen LogP contribution in [-0.4, -0.2) is 30.2 Å². The van der Waals surface area contributed by atoms with Crippen LogP contribution in [0.1, 0.15) is 45.1 Å². The lowest BCUT2D eigenvalue weighted by atomic mass is 9.95. The van der Waals surface area contributed by atoms with Gasteiger partial charge in [-0.25, -0.2) is 0 Å². The minimum atomic E-state index is -0.0934. The Hall–Kier alpha value is -1.39. The minimum Gasteiger partial charge on any atom is -0.466 e. The molecule has 1 heterocycles. The molecular formula is C18H27NO3. The van der Waals surface area contributed by atoms with Crippen LogP contribution < -0.4 is 0 Å². The smallest absolute Gasteiger partial charge is 0.305 e. The van der Waals surface area contributed by atoms with E-state index in [1.165, 1.54) is 5.56 Å². The maximum Gasteiger partial charge on any atom is 0.305 e. The number of nitrogens with zero attached hydrogens (tertiary/aromatic N) is 1. The second-order valence-corrected chi connectivity index (χ2v) is 5.93. The van der Waals surface area contributed by atoms with E-state index >= 15 is 0 Å². The molecule has 1 aliphatic rings. The number of hydroxylamine groups is 2. The van der Waals surface area contributed by atoms with Gasteiger partial charge in [0.15, 0.2) is 0 Å². The molecule has 122 valence electrons. The van der Waals surface area contributed by atoms with Gasteiger partial charge in [0.25, 0.3) is 0 Å². The molecule has 0 saturated carbocycles. The number of carbonyl (C=O) groups excluding carboxylic acids is 1. The summed E-state index contributed by atoms with van der Waals surface area (Å²) in [5.41, 5.74) is 1.19. The van der Waals surface area contributed by atoms with Crippen molar-refractivity contribution in [3.8, 4) is 0 Å². The Morgan fingerprint density at radius 2 is 2.14 bits per heavy atom. The Labute approximate surface area is 133 Å². The van der Waals surface area contributed by atoms with Crippen molar-refractivity contribution in [3.63, 3.8) is 0 Å². The van der Waals surface area contributed by atoms with E-state index in [4.69, 9.17) is 9.57 Å². The molecule has 0 aromatic heterocycles. The number of hydrogen-bond donors (Lipinski definition) is 0. The standard InChI is InChI=1S/C18H27NO3/c1-3-21-18(20)12-11-15(2)17-10-7-13-19(17)22-14-16-8-5-4-6-9-16/h4-6,8-9,15,17H,3,7,10-14H2,1-2H3/t15-,17+/m1/s1. The van der Waals surface area contributed by atoms with Crippen molar-refractivity contribution in [1.82, 2.24) is 5.06 Å². The molecular weight excluding hydrogens is 278 g/mol. The van der Waals surface area contributed by atoms with Crippen LogP contribution in [0.2, 0.25) is 0 Å². The van der Waals surface area contributed by atoms with Gasteiger partial charge in [-0.05, 0) is 37.7 Å².